The molecule has 0 amide bonds. The number of aliphatic imine (C=N–C) groups is 1. The van der Waals surface area contributed by atoms with Crippen molar-refractivity contribution in [1.82, 2.24) is 4.90 Å². The first-order valence-electron chi connectivity index (χ1n) is 11.2. The molecule has 170 valence electrons. The lowest BCUT2D eigenvalue weighted by Gasteiger charge is -2.48. The number of hydrogen-bond acceptors (Lipinski definition) is 5. The first kappa shape index (κ1) is 21.6. The van der Waals surface area contributed by atoms with Gasteiger partial charge < -0.3 is 4.74 Å². The third kappa shape index (κ3) is 3.41. The van der Waals surface area contributed by atoms with Crippen molar-refractivity contribution in [3.63, 3.8) is 0 Å². The van der Waals surface area contributed by atoms with Gasteiger partial charge in [0.05, 0.1) is 7.11 Å². The number of methoxy groups -OCH3 is 1. The second kappa shape index (κ2) is 7.97. The maximum absolute atomic E-state index is 13.9. The summed E-state index contributed by atoms with van der Waals surface area (Å²) in [5, 5.41) is 1.58. The lowest BCUT2D eigenvalue weighted by atomic mass is 9.82. The highest BCUT2D eigenvalue weighted by atomic mass is 19.1. The van der Waals surface area contributed by atoms with Crippen LogP contribution in [0.15, 0.2) is 65.7 Å². The van der Waals surface area contributed by atoms with Gasteiger partial charge in [-0.2, -0.15) is 0 Å². The average Bonchev–Trinajstić information content (AvgIpc) is 2.80. The fraction of sp³-hybridized carbons (Fsp3) is 0.296. The molecule has 2 aliphatic heterocycles. The molecule has 2 N–H and O–H groups in total. The molecule has 1 atom stereocenters. The van der Waals surface area contributed by atoms with Crippen molar-refractivity contribution in [1.29, 1.82) is 0 Å². The van der Waals surface area contributed by atoms with Gasteiger partial charge in [0, 0.05) is 23.2 Å². The molecule has 0 aromatic heterocycles. The Hall–Kier alpha value is -3.22. The number of anilines is 1. The monoisotopic (exact) mass is 444 g/mol. The van der Waals surface area contributed by atoms with Crippen LogP contribution < -0.4 is 15.6 Å². The average molecular weight is 445 g/mol. The van der Waals surface area contributed by atoms with Crippen molar-refractivity contribution in [2.75, 3.05) is 18.7 Å². The number of benzene rings is 3. The highest BCUT2D eigenvalue weighted by molar-refractivity contribution is 6.12. The predicted octanol–water partition coefficient (Wildman–Crippen LogP) is 5.08. The molecule has 0 radical (unpaired) electrons. The molecule has 5 nitrogen and oxygen atoms in total. The number of aryl methyl sites for hydroxylation is 1. The van der Waals surface area contributed by atoms with E-state index in [1.807, 2.05) is 19.1 Å². The van der Waals surface area contributed by atoms with Crippen LogP contribution in [0.25, 0.3) is 0 Å². The predicted molar refractivity (Wildman–Crippen MR) is 130 cm³/mol. The molecule has 0 saturated carbocycles. The molecule has 6 heteroatoms. The largest absolute Gasteiger partial charge is 0.495 e. The van der Waals surface area contributed by atoms with E-state index in [1.54, 1.807) is 18.2 Å². The van der Waals surface area contributed by atoms with Crippen LogP contribution in [-0.2, 0) is 12.0 Å². The minimum atomic E-state index is -0.278. The molecule has 0 spiro atoms. The van der Waals surface area contributed by atoms with E-state index in [4.69, 9.17) is 15.6 Å². The number of nitrogens with zero attached hydrogens (tertiary/aromatic N) is 3. The minimum Gasteiger partial charge on any atom is -0.495 e. The molecule has 3 aromatic rings. The molecule has 33 heavy (non-hydrogen) atoms. The Morgan fingerprint density at radius 2 is 1.88 bits per heavy atom. The van der Waals surface area contributed by atoms with Crippen LogP contribution in [0.2, 0.25) is 0 Å². The van der Waals surface area contributed by atoms with Crippen molar-refractivity contribution < 1.29 is 9.13 Å². The second-order valence-corrected chi connectivity index (χ2v) is 9.21. The summed E-state index contributed by atoms with van der Waals surface area (Å²) >= 11 is 0. The molecular formula is C27H29FN4O. The first-order chi connectivity index (χ1) is 15.8. The van der Waals surface area contributed by atoms with Crippen molar-refractivity contribution in [3.05, 3.63) is 94.3 Å². The summed E-state index contributed by atoms with van der Waals surface area (Å²) in [5.74, 6) is 7.66. The number of amidine groups is 1. The zero-order valence-electron chi connectivity index (χ0n) is 19.5. The van der Waals surface area contributed by atoms with Gasteiger partial charge in [0.1, 0.15) is 23.4 Å². The Labute approximate surface area is 194 Å². The summed E-state index contributed by atoms with van der Waals surface area (Å²) in [6, 6.07) is 19.3. The van der Waals surface area contributed by atoms with E-state index in [0.717, 1.165) is 35.3 Å². The Balaban J connectivity index is 1.71. The van der Waals surface area contributed by atoms with Crippen LogP contribution in [0.4, 0.5) is 10.1 Å². The van der Waals surface area contributed by atoms with Crippen LogP contribution >= 0.6 is 0 Å². The number of hydrogen-bond donors (Lipinski definition) is 1. The maximum Gasteiger partial charge on any atom is 0.152 e. The number of para-hydroxylation sites is 1. The SMILES string of the molecule is COc1cccc2c1N(N)C(c1ccc(F)cc1C)=NC2N1CCc2ccccc2C1(C)C. The van der Waals surface area contributed by atoms with Gasteiger partial charge in [0.15, 0.2) is 5.84 Å². The number of fused-ring (bicyclic) bond motifs is 2. The maximum atomic E-state index is 13.9. The van der Waals surface area contributed by atoms with Crippen molar-refractivity contribution >= 4 is 11.5 Å². The van der Waals surface area contributed by atoms with Gasteiger partial charge in [0.2, 0.25) is 0 Å². The molecule has 5 rings (SSSR count). The lowest BCUT2D eigenvalue weighted by Crippen LogP contribution is -2.51. The van der Waals surface area contributed by atoms with E-state index >= 15 is 0 Å². The van der Waals surface area contributed by atoms with E-state index in [1.165, 1.54) is 23.3 Å². The van der Waals surface area contributed by atoms with Crippen LogP contribution in [-0.4, -0.2) is 24.4 Å². The third-order valence-electron chi connectivity index (χ3n) is 6.98. The fourth-order valence-corrected chi connectivity index (χ4v) is 5.28. The molecule has 3 aromatic carbocycles. The normalized spacial score (nSPS) is 19.5. The smallest absolute Gasteiger partial charge is 0.152 e. The zero-order chi connectivity index (χ0) is 23.3. The second-order valence-electron chi connectivity index (χ2n) is 9.21. The molecule has 2 heterocycles. The standard InChI is InChI=1S/C27H29FN4O/c1-17-16-19(28)12-13-20(17)26-30-25(21-9-7-11-23(33-4)24(21)32(26)29)31-15-14-18-8-5-6-10-22(18)27(31,2)3/h5-13,16,25H,14-15,29H2,1-4H3. The molecular weight excluding hydrogens is 415 g/mol. The Morgan fingerprint density at radius 3 is 2.64 bits per heavy atom. The van der Waals surface area contributed by atoms with Crippen molar-refractivity contribution in [2.24, 2.45) is 10.8 Å². The van der Waals surface area contributed by atoms with E-state index in [0.29, 0.717) is 11.6 Å². The van der Waals surface area contributed by atoms with Crippen LogP contribution in [0.1, 0.15) is 47.8 Å². The quantitative estimate of drug-likeness (QED) is 0.573. The van der Waals surface area contributed by atoms with Crippen LogP contribution in [0.5, 0.6) is 5.75 Å². The van der Waals surface area contributed by atoms with Gasteiger partial charge in [-0.05, 0) is 68.1 Å². The summed E-state index contributed by atoms with van der Waals surface area (Å²) in [5.41, 5.74) is 5.80. The summed E-state index contributed by atoms with van der Waals surface area (Å²) in [7, 11) is 1.65. The highest BCUT2D eigenvalue weighted by Crippen LogP contribution is 2.47. The first-order valence-corrected chi connectivity index (χ1v) is 11.2. The number of halogens is 1. The molecule has 0 fully saturated rings. The minimum absolute atomic E-state index is 0.247. The molecule has 0 bridgehead atoms. The van der Waals surface area contributed by atoms with Gasteiger partial charge in [-0.3, -0.25) is 9.91 Å². The van der Waals surface area contributed by atoms with Crippen molar-refractivity contribution in [3.8, 4) is 5.75 Å². The topological polar surface area (TPSA) is 54.1 Å². The molecule has 0 aliphatic carbocycles. The van der Waals surface area contributed by atoms with E-state index in [9.17, 15) is 4.39 Å². The number of rotatable bonds is 3. The summed E-state index contributed by atoms with van der Waals surface area (Å²) in [4.78, 5) is 7.63. The van der Waals surface area contributed by atoms with Gasteiger partial charge in [-0.15, -0.1) is 0 Å². The van der Waals surface area contributed by atoms with Gasteiger partial charge in [-0.25, -0.2) is 15.2 Å². The van der Waals surface area contributed by atoms with Crippen LogP contribution in [0.3, 0.4) is 0 Å². The lowest BCUT2D eigenvalue weighted by molar-refractivity contribution is 0.0585. The number of nitrogens with two attached hydrogens (primary N) is 1. The van der Waals surface area contributed by atoms with E-state index < -0.39 is 0 Å². The van der Waals surface area contributed by atoms with Crippen molar-refractivity contribution in [2.45, 2.75) is 38.9 Å². The number of hydrazine groups is 1. The van der Waals surface area contributed by atoms with Gasteiger partial charge in [0.25, 0.3) is 0 Å². The zero-order valence-corrected chi connectivity index (χ0v) is 19.5. The summed E-state index contributed by atoms with van der Waals surface area (Å²) < 4.78 is 19.6. The molecule has 1 unspecified atom stereocenters. The fourth-order valence-electron chi connectivity index (χ4n) is 5.28. The van der Waals surface area contributed by atoms with Crippen LogP contribution in [0, 0.1) is 12.7 Å². The van der Waals surface area contributed by atoms with E-state index in [-0.39, 0.29) is 17.5 Å². The van der Waals surface area contributed by atoms with E-state index in [2.05, 4.69) is 49.1 Å². The molecule has 0 saturated heterocycles. The Bertz CT molecular complexity index is 1250. The molecule has 2 aliphatic rings. The van der Waals surface area contributed by atoms with Gasteiger partial charge in [-0.1, -0.05) is 36.4 Å². The Morgan fingerprint density at radius 1 is 1.09 bits per heavy atom. The Kier molecular flexibility index (Phi) is 5.22. The summed E-state index contributed by atoms with van der Waals surface area (Å²) in [6.07, 6.45) is 0.681. The highest BCUT2D eigenvalue weighted by Gasteiger charge is 2.42. The van der Waals surface area contributed by atoms with Gasteiger partial charge >= 0.3 is 0 Å². The number of ether oxygens (including phenoxy) is 1. The summed E-state index contributed by atoms with van der Waals surface area (Å²) in [6.45, 7) is 7.23. The third-order valence-corrected chi connectivity index (χ3v) is 6.98.